The van der Waals surface area contributed by atoms with Crippen molar-refractivity contribution in [1.82, 2.24) is 0 Å². The highest BCUT2D eigenvalue weighted by Crippen LogP contribution is 2.30. The highest BCUT2D eigenvalue weighted by molar-refractivity contribution is 7.85. The quantitative estimate of drug-likeness (QED) is 0.725. The SMILES string of the molecule is CN.COc1cc(C)c(S(=O)(=O)O)cc1NC(=O)c1ccccc1. The van der Waals surface area contributed by atoms with Crippen LogP contribution < -0.4 is 15.8 Å². The molecule has 0 aliphatic rings. The third-order valence-corrected chi connectivity index (χ3v) is 4.05. The Morgan fingerprint density at radius 3 is 2.25 bits per heavy atom. The van der Waals surface area contributed by atoms with Crippen molar-refractivity contribution in [3.05, 3.63) is 53.6 Å². The first-order chi connectivity index (χ1) is 11.3. The third-order valence-electron chi connectivity index (χ3n) is 3.06. The molecule has 0 saturated carbocycles. The van der Waals surface area contributed by atoms with E-state index >= 15 is 0 Å². The number of benzene rings is 2. The number of rotatable bonds is 4. The molecule has 0 heterocycles. The van der Waals surface area contributed by atoms with Crippen molar-refractivity contribution in [2.75, 3.05) is 19.5 Å². The average Bonchev–Trinajstić information content (AvgIpc) is 2.57. The molecule has 8 heteroatoms. The number of carbonyl (C=O) groups excluding carboxylic acids is 1. The van der Waals surface area contributed by atoms with E-state index in [0.29, 0.717) is 16.9 Å². The molecular weight excluding hydrogens is 332 g/mol. The summed E-state index contributed by atoms with van der Waals surface area (Å²) in [7, 11) is -1.49. The second-order valence-corrected chi connectivity index (χ2v) is 6.00. The normalized spacial score (nSPS) is 10.4. The van der Waals surface area contributed by atoms with E-state index in [9.17, 15) is 17.8 Å². The first kappa shape index (κ1) is 19.6. The summed E-state index contributed by atoms with van der Waals surface area (Å²) in [6.07, 6.45) is 0. The van der Waals surface area contributed by atoms with Crippen LogP contribution in [0.25, 0.3) is 0 Å². The Kier molecular flexibility index (Phi) is 6.90. The van der Waals surface area contributed by atoms with Crippen LogP contribution in [0.2, 0.25) is 0 Å². The van der Waals surface area contributed by atoms with Crippen LogP contribution in [0.5, 0.6) is 5.75 Å². The Labute approximate surface area is 141 Å². The molecule has 1 amide bonds. The number of nitrogens with two attached hydrogens (primary N) is 1. The van der Waals surface area contributed by atoms with Gasteiger partial charge in [-0.05, 0) is 43.8 Å². The smallest absolute Gasteiger partial charge is 0.294 e. The number of ether oxygens (including phenoxy) is 1. The van der Waals surface area contributed by atoms with Gasteiger partial charge >= 0.3 is 0 Å². The van der Waals surface area contributed by atoms with Gasteiger partial charge in [-0.15, -0.1) is 0 Å². The fourth-order valence-corrected chi connectivity index (χ4v) is 2.72. The monoisotopic (exact) mass is 352 g/mol. The number of anilines is 1. The molecule has 2 aromatic rings. The first-order valence-corrected chi connectivity index (χ1v) is 8.37. The maximum Gasteiger partial charge on any atom is 0.294 e. The molecule has 4 N–H and O–H groups in total. The predicted octanol–water partition coefficient (Wildman–Crippen LogP) is 2.08. The largest absolute Gasteiger partial charge is 0.495 e. The van der Waals surface area contributed by atoms with Gasteiger partial charge in [0.2, 0.25) is 0 Å². The van der Waals surface area contributed by atoms with Gasteiger partial charge < -0.3 is 15.8 Å². The fourth-order valence-electron chi connectivity index (χ4n) is 1.99. The molecule has 0 radical (unpaired) electrons. The van der Waals surface area contributed by atoms with Gasteiger partial charge in [-0.3, -0.25) is 9.35 Å². The third kappa shape index (κ3) is 4.79. The van der Waals surface area contributed by atoms with E-state index < -0.39 is 16.0 Å². The van der Waals surface area contributed by atoms with Crippen molar-refractivity contribution < 1.29 is 22.5 Å². The molecule has 7 nitrogen and oxygen atoms in total. The number of methoxy groups -OCH3 is 1. The van der Waals surface area contributed by atoms with Gasteiger partial charge in [0.1, 0.15) is 5.75 Å². The Hall–Kier alpha value is -2.42. The summed E-state index contributed by atoms with van der Waals surface area (Å²) in [5, 5.41) is 2.58. The van der Waals surface area contributed by atoms with Crippen LogP contribution in [-0.4, -0.2) is 33.0 Å². The minimum absolute atomic E-state index is 0.162. The lowest BCUT2D eigenvalue weighted by atomic mass is 10.1. The highest BCUT2D eigenvalue weighted by Gasteiger charge is 2.18. The van der Waals surface area contributed by atoms with Crippen molar-refractivity contribution in [3.8, 4) is 5.75 Å². The van der Waals surface area contributed by atoms with E-state index in [1.54, 1.807) is 30.3 Å². The van der Waals surface area contributed by atoms with E-state index in [2.05, 4.69) is 11.1 Å². The van der Waals surface area contributed by atoms with E-state index in [1.807, 2.05) is 0 Å². The summed E-state index contributed by atoms with van der Waals surface area (Å²) < 4.78 is 37.1. The van der Waals surface area contributed by atoms with Crippen molar-refractivity contribution in [2.45, 2.75) is 11.8 Å². The summed E-state index contributed by atoms with van der Waals surface area (Å²) in [5.41, 5.74) is 5.39. The van der Waals surface area contributed by atoms with E-state index in [4.69, 9.17) is 4.74 Å². The molecule has 0 aromatic heterocycles. The molecular formula is C16H20N2O5S. The van der Waals surface area contributed by atoms with Gasteiger partial charge in [0.05, 0.1) is 17.7 Å². The van der Waals surface area contributed by atoms with Crippen molar-refractivity contribution in [2.24, 2.45) is 5.73 Å². The summed E-state index contributed by atoms with van der Waals surface area (Å²) in [5.74, 6) is -0.113. The van der Waals surface area contributed by atoms with Crippen LogP contribution in [0.3, 0.4) is 0 Å². The van der Waals surface area contributed by atoms with Gasteiger partial charge in [0.25, 0.3) is 16.0 Å². The molecule has 0 aliphatic carbocycles. The fraction of sp³-hybridized carbons (Fsp3) is 0.188. The molecule has 0 atom stereocenters. The summed E-state index contributed by atoms with van der Waals surface area (Å²) >= 11 is 0. The lowest BCUT2D eigenvalue weighted by molar-refractivity contribution is 0.102. The number of amides is 1. The zero-order chi connectivity index (χ0) is 18.3. The molecule has 2 rings (SSSR count). The molecule has 0 spiro atoms. The Morgan fingerprint density at radius 1 is 1.17 bits per heavy atom. The number of aryl methyl sites for hydroxylation is 1. The van der Waals surface area contributed by atoms with Crippen LogP contribution in [0.1, 0.15) is 15.9 Å². The number of carbonyl (C=O) groups is 1. The second kappa shape index (κ2) is 8.44. The summed E-state index contributed by atoms with van der Waals surface area (Å²) in [4.78, 5) is 11.9. The standard InChI is InChI=1S/C15H15NO5S.CH5N/c1-10-8-13(21-2)12(9-14(10)22(18,19)20)16-15(17)11-6-4-3-5-7-11;1-2/h3-9H,1-2H3,(H,16,17)(H,18,19,20);2H2,1H3. The van der Waals surface area contributed by atoms with Crippen molar-refractivity contribution in [1.29, 1.82) is 0 Å². The maximum absolute atomic E-state index is 12.1. The molecule has 130 valence electrons. The van der Waals surface area contributed by atoms with Crippen molar-refractivity contribution in [3.63, 3.8) is 0 Å². The Balaban J connectivity index is 0.00000139. The topological polar surface area (TPSA) is 119 Å². The summed E-state index contributed by atoms with van der Waals surface area (Å²) in [6.45, 7) is 1.52. The zero-order valence-electron chi connectivity index (χ0n) is 13.6. The van der Waals surface area contributed by atoms with Crippen LogP contribution >= 0.6 is 0 Å². The Morgan fingerprint density at radius 2 is 1.75 bits per heavy atom. The summed E-state index contributed by atoms with van der Waals surface area (Å²) in [6, 6.07) is 11.1. The maximum atomic E-state index is 12.1. The lowest BCUT2D eigenvalue weighted by Crippen LogP contribution is -2.13. The van der Waals surface area contributed by atoms with Gasteiger partial charge in [-0.25, -0.2) is 0 Å². The number of hydrogen-bond acceptors (Lipinski definition) is 5. The Bertz CT molecular complexity index is 805. The minimum Gasteiger partial charge on any atom is -0.495 e. The number of hydrogen-bond donors (Lipinski definition) is 3. The van der Waals surface area contributed by atoms with E-state index in [0.717, 1.165) is 0 Å². The van der Waals surface area contributed by atoms with Crippen LogP contribution in [0, 0.1) is 6.92 Å². The average molecular weight is 352 g/mol. The molecule has 0 unspecified atom stereocenters. The van der Waals surface area contributed by atoms with E-state index in [1.165, 1.54) is 33.2 Å². The molecule has 0 fully saturated rings. The highest BCUT2D eigenvalue weighted by atomic mass is 32.2. The molecule has 24 heavy (non-hydrogen) atoms. The predicted molar refractivity (Wildman–Crippen MR) is 92.1 cm³/mol. The van der Waals surface area contributed by atoms with Crippen LogP contribution in [0.4, 0.5) is 5.69 Å². The first-order valence-electron chi connectivity index (χ1n) is 6.93. The van der Waals surface area contributed by atoms with Crippen molar-refractivity contribution >= 4 is 21.7 Å². The van der Waals surface area contributed by atoms with Gasteiger partial charge in [-0.2, -0.15) is 8.42 Å². The minimum atomic E-state index is -4.39. The van der Waals surface area contributed by atoms with E-state index in [-0.39, 0.29) is 10.6 Å². The lowest BCUT2D eigenvalue weighted by Gasteiger charge is -2.13. The molecule has 0 saturated heterocycles. The zero-order valence-corrected chi connectivity index (χ0v) is 14.4. The van der Waals surface area contributed by atoms with Gasteiger partial charge in [0.15, 0.2) is 0 Å². The molecule has 0 aliphatic heterocycles. The van der Waals surface area contributed by atoms with Crippen LogP contribution in [-0.2, 0) is 10.1 Å². The van der Waals surface area contributed by atoms with Gasteiger partial charge in [0, 0.05) is 5.56 Å². The molecule has 0 bridgehead atoms. The van der Waals surface area contributed by atoms with Gasteiger partial charge in [-0.1, -0.05) is 18.2 Å². The van der Waals surface area contributed by atoms with Crippen LogP contribution in [0.15, 0.2) is 47.4 Å². The molecule has 2 aromatic carbocycles. The number of nitrogens with one attached hydrogen (secondary N) is 1. The second-order valence-electron chi connectivity index (χ2n) is 4.61.